The summed E-state index contributed by atoms with van der Waals surface area (Å²) >= 11 is 0. The zero-order chi connectivity index (χ0) is 47.9. The molecule has 1 aromatic heterocycles. The molecule has 2 amide bonds. The summed E-state index contributed by atoms with van der Waals surface area (Å²) in [6.07, 6.45) is 15.2. The van der Waals surface area contributed by atoms with Gasteiger partial charge in [-0.25, -0.2) is 9.99 Å². The Morgan fingerprint density at radius 2 is 1.71 bits per heavy atom. The Morgan fingerprint density at radius 1 is 0.985 bits per heavy atom. The smallest absolute Gasteiger partial charge is 0.229 e. The molecule has 4 bridgehead atoms. The minimum Gasteiger partial charge on any atom is -0.387 e. The minimum absolute atomic E-state index is 0.0325. The van der Waals surface area contributed by atoms with Crippen LogP contribution in [-0.2, 0) is 20.9 Å². The zero-order valence-corrected chi connectivity index (χ0v) is 39.4. The monoisotopic (exact) mass is 910 g/mol. The number of anilines is 5. The van der Waals surface area contributed by atoms with Crippen LogP contribution in [0, 0.1) is 11.8 Å². The van der Waals surface area contributed by atoms with Crippen molar-refractivity contribution >= 4 is 60.0 Å². The standard InChI is InChI=1S/C38H46N10O5.C5H10O.C4H9N.C2H6/c1-46(41-24-51)21-26-18-29(6-5-25(26)22-49)39-13-3-2-4-34(52)48-16-14-47(15-17-48)30-9-7-28(8-10-30)42-37-40-20-27(23-50)36(45-37)44-33-19-32-31-11-12-38(32,53)35(31)43-33;1-2-3-4-5-6;1-3-4-5-2;1-2/h5-10,18-20,22-24,31-32,35,39,43,53H,2-4,11-17,21H2,1H3,(H,41,51)(H2,40,42,44,45);5H,2-4H2,1H3;3,5H,1,4H2,2H3;1-2H3/t31?,32-,35?,38?;;;/m0.../s1. The van der Waals surface area contributed by atoms with Crippen molar-refractivity contribution in [2.75, 3.05) is 74.2 Å². The van der Waals surface area contributed by atoms with Gasteiger partial charge in [-0.15, -0.1) is 6.58 Å². The number of amides is 2. The van der Waals surface area contributed by atoms with Crippen molar-refractivity contribution < 1.29 is 29.1 Å². The second kappa shape index (κ2) is 27.3. The number of carbonyl (C=O) groups is 5. The third-order valence-electron chi connectivity index (χ3n) is 12.0. The van der Waals surface area contributed by atoms with Crippen LogP contribution in [0.25, 0.3) is 0 Å². The first-order valence-corrected chi connectivity index (χ1v) is 23.2. The number of likely N-dealkylation sites (N-methyl/N-ethyl adjacent to an activating group) is 1. The van der Waals surface area contributed by atoms with E-state index in [1.807, 2.05) is 74.3 Å². The molecule has 358 valence electrons. The van der Waals surface area contributed by atoms with Gasteiger partial charge in [-0.05, 0) is 99.2 Å². The highest BCUT2D eigenvalue weighted by Gasteiger charge is 2.67. The Kier molecular flexibility index (Phi) is 21.7. The average molecular weight is 910 g/mol. The van der Waals surface area contributed by atoms with E-state index in [-0.39, 0.29) is 17.9 Å². The minimum atomic E-state index is -0.656. The van der Waals surface area contributed by atoms with Crippen LogP contribution in [0.3, 0.4) is 0 Å². The summed E-state index contributed by atoms with van der Waals surface area (Å²) in [7, 11) is 3.62. The van der Waals surface area contributed by atoms with E-state index in [0.717, 1.165) is 112 Å². The van der Waals surface area contributed by atoms with Crippen molar-refractivity contribution in [3.63, 3.8) is 0 Å². The van der Waals surface area contributed by atoms with Crippen molar-refractivity contribution in [1.82, 2.24) is 35.9 Å². The first-order valence-electron chi connectivity index (χ1n) is 23.2. The molecule has 3 unspecified atom stereocenters. The van der Waals surface area contributed by atoms with Crippen molar-refractivity contribution in [3.05, 3.63) is 89.9 Å². The summed E-state index contributed by atoms with van der Waals surface area (Å²) in [6.45, 7) is 14.4. The third-order valence-corrected chi connectivity index (χ3v) is 12.0. The molecule has 9 rings (SSSR count). The van der Waals surface area contributed by atoms with Crippen LogP contribution in [0.15, 0.2) is 73.2 Å². The zero-order valence-electron chi connectivity index (χ0n) is 39.4. The normalized spacial score (nSPS) is 19.6. The van der Waals surface area contributed by atoms with E-state index >= 15 is 0 Å². The van der Waals surface area contributed by atoms with Gasteiger partial charge >= 0.3 is 0 Å². The number of piperazine rings is 1. The highest BCUT2D eigenvalue weighted by atomic mass is 16.3. The third kappa shape index (κ3) is 14.4. The van der Waals surface area contributed by atoms with Crippen LogP contribution < -0.4 is 36.9 Å². The van der Waals surface area contributed by atoms with Crippen LogP contribution in [0.4, 0.5) is 28.8 Å². The van der Waals surface area contributed by atoms with E-state index < -0.39 is 5.60 Å². The summed E-state index contributed by atoms with van der Waals surface area (Å²) in [5, 5.41) is 28.5. The number of aldehydes is 3. The van der Waals surface area contributed by atoms with Crippen molar-refractivity contribution in [3.8, 4) is 0 Å². The van der Waals surface area contributed by atoms with Crippen LogP contribution in [0.2, 0.25) is 0 Å². The van der Waals surface area contributed by atoms with E-state index in [9.17, 15) is 29.1 Å². The lowest BCUT2D eigenvalue weighted by molar-refractivity contribution is -0.131. The van der Waals surface area contributed by atoms with Gasteiger partial charge in [0.25, 0.3) is 0 Å². The molecular formula is C49H71N11O6. The molecular weight excluding hydrogens is 839 g/mol. The number of nitrogens with one attached hydrogen (secondary N) is 6. The number of aliphatic hydroxyl groups is 1. The second-order valence-electron chi connectivity index (χ2n) is 16.4. The first-order chi connectivity index (χ1) is 32.1. The van der Waals surface area contributed by atoms with Gasteiger partial charge in [-0.1, -0.05) is 33.3 Å². The fourth-order valence-corrected chi connectivity index (χ4v) is 8.52. The fourth-order valence-electron chi connectivity index (χ4n) is 8.52. The lowest BCUT2D eigenvalue weighted by Gasteiger charge is -2.54. The summed E-state index contributed by atoms with van der Waals surface area (Å²) in [5.74, 6) is 2.25. The molecule has 3 aromatic rings. The quantitative estimate of drug-likeness (QED) is 0.0281. The van der Waals surface area contributed by atoms with Crippen molar-refractivity contribution in [2.45, 2.75) is 90.3 Å². The molecule has 0 radical (unpaired) electrons. The van der Waals surface area contributed by atoms with E-state index in [1.54, 1.807) is 18.1 Å². The summed E-state index contributed by atoms with van der Waals surface area (Å²) in [5.41, 5.74) is 6.36. The van der Waals surface area contributed by atoms with Gasteiger partial charge in [0.1, 0.15) is 24.2 Å². The molecule has 4 fully saturated rings. The summed E-state index contributed by atoms with van der Waals surface area (Å²) < 4.78 is 0. The molecule has 3 saturated carbocycles. The Hall–Kier alpha value is -6.17. The van der Waals surface area contributed by atoms with Crippen molar-refractivity contribution in [1.29, 1.82) is 0 Å². The molecule has 4 heterocycles. The Morgan fingerprint density at radius 3 is 2.27 bits per heavy atom. The molecule has 4 atom stereocenters. The average Bonchev–Trinajstić information content (AvgIpc) is 3.88. The van der Waals surface area contributed by atoms with Crippen molar-refractivity contribution in [2.24, 2.45) is 11.8 Å². The van der Waals surface area contributed by atoms with E-state index in [0.29, 0.717) is 67.8 Å². The topological polar surface area (TPSA) is 213 Å². The molecule has 0 spiro atoms. The van der Waals surface area contributed by atoms with Gasteiger partial charge in [-0.3, -0.25) is 24.6 Å². The van der Waals surface area contributed by atoms with Gasteiger partial charge in [-0.2, -0.15) is 4.98 Å². The first kappa shape index (κ1) is 52.5. The molecule has 3 aliphatic heterocycles. The number of carbonyl (C=O) groups excluding carboxylic acids is 5. The predicted molar refractivity (Wildman–Crippen MR) is 262 cm³/mol. The highest BCUT2D eigenvalue weighted by molar-refractivity contribution is 5.83. The molecule has 7 N–H and O–H groups in total. The van der Waals surface area contributed by atoms with Crippen LogP contribution >= 0.6 is 0 Å². The summed E-state index contributed by atoms with van der Waals surface area (Å²) in [6, 6.07) is 13.5. The van der Waals surface area contributed by atoms with E-state index in [2.05, 4.69) is 60.4 Å². The molecule has 6 aliphatic rings. The number of hydrogen-bond acceptors (Lipinski definition) is 15. The van der Waals surface area contributed by atoms with Gasteiger partial charge < -0.3 is 46.3 Å². The lowest BCUT2D eigenvalue weighted by atomic mass is 9.62. The lowest BCUT2D eigenvalue weighted by Crippen LogP contribution is -2.68. The maximum Gasteiger partial charge on any atom is 0.229 e. The van der Waals surface area contributed by atoms with Gasteiger partial charge in [0.05, 0.1) is 17.2 Å². The molecule has 3 aliphatic carbocycles. The maximum absolute atomic E-state index is 13.0. The number of aromatic nitrogens is 2. The largest absolute Gasteiger partial charge is 0.387 e. The second-order valence-corrected chi connectivity index (χ2v) is 16.4. The van der Waals surface area contributed by atoms with Gasteiger partial charge in [0.2, 0.25) is 18.3 Å². The fraction of sp³-hybridized carbons (Fsp3) is 0.490. The Balaban J connectivity index is 0.000000649. The SMILES string of the molecule is C=CCNC.CC.CCCCC=O.CN(Cc1cc(NCCCCC(=O)N2CCN(c3ccc(Nc4ncc(C=O)c(NC5=C[C@H]6C7CCC6(O)C7N5)n4)cc3)CC2)ccc1C=O)NC=O. The number of hydrogen-bond donors (Lipinski definition) is 7. The van der Waals surface area contributed by atoms with E-state index in [1.165, 1.54) is 6.20 Å². The Labute approximate surface area is 390 Å². The Bertz CT molecular complexity index is 2060. The van der Waals surface area contributed by atoms with Crippen LogP contribution in [0.5, 0.6) is 0 Å². The predicted octanol–water partition coefficient (Wildman–Crippen LogP) is 5.66. The summed E-state index contributed by atoms with van der Waals surface area (Å²) in [4.78, 5) is 69.5. The van der Waals surface area contributed by atoms with Gasteiger partial charge in [0.15, 0.2) is 6.29 Å². The molecule has 17 heteroatoms. The number of fused-ring (bicyclic) bond motifs is 2. The van der Waals surface area contributed by atoms with Gasteiger partial charge in [0, 0.05) is 100 Å². The van der Waals surface area contributed by atoms with Crippen LogP contribution in [-0.4, -0.2) is 121 Å². The molecule has 2 aromatic carbocycles. The number of unbranched alkanes of at least 4 members (excludes halogenated alkanes) is 3. The maximum atomic E-state index is 13.0. The number of hydrazine groups is 1. The number of nitrogens with zero attached hydrogens (tertiary/aromatic N) is 5. The number of rotatable bonds is 22. The molecule has 66 heavy (non-hydrogen) atoms. The molecule has 1 saturated heterocycles. The highest BCUT2D eigenvalue weighted by Crippen LogP contribution is 2.59. The number of benzene rings is 2. The van der Waals surface area contributed by atoms with Crippen LogP contribution in [0.1, 0.15) is 98.4 Å². The molecule has 17 nitrogen and oxygen atoms in total. The van der Waals surface area contributed by atoms with E-state index in [4.69, 9.17) is 0 Å².